The van der Waals surface area contributed by atoms with Crippen molar-refractivity contribution in [3.8, 4) is 0 Å². The third-order valence-corrected chi connectivity index (χ3v) is 3.27. The number of nitro groups is 1. The van der Waals surface area contributed by atoms with Gasteiger partial charge in [-0.15, -0.1) is 0 Å². The average Bonchev–Trinajstić information content (AvgIpc) is 3.10. The van der Waals surface area contributed by atoms with E-state index in [2.05, 4.69) is 10.6 Å². The van der Waals surface area contributed by atoms with Gasteiger partial charge < -0.3 is 10.6 Å². The highest BCUT2D eigenvalue weighted by molar-refractivity contribution is 6.39. The van der Waals surface area contributed by atoms with Gasteiger partial charge in [0, 0.05) is 31.3 Å². The summed E-state index contributed by atoms with van der Waals surface area (Å²) in [6.07, 6.45) is 2.47. The number of halogens is 2. The Hall–Kier alpha value is -1.04. The maximum absolute atomic E-state index is 10.6. The molecule has 0 saturated heterocycles. The van der Waals surface area contributed by atoms with Gasteiger partial charge in [0.15, 0.2) is 0 Å². The van der Waals surface area contributed by atoms with Crippen LogP contribution in [0.3, 0.4) is 0 Å². The summed E-state index contributed by atoms with van der Waals surface area (Å²) in [7, 11) is 0. The number of nitrogens with zero attached hydrogens (tertiary/aromatic N) is 1. The maximum Gasteiger partial charge on any atom is 0.272 e. The largest absolute Gasteiger partial charge is 0.381 e. The molecular weight excluding hydrogens is 277 g/mol. The fourth-order valence-electron chi connectivity index (χ4n) is 1.59. The van der Waals surface area contributed by atoms with Crippen molar-refractivity contribution < 1.29 is 4.92 Å². The molecule has 2 N–H and O–H groups in total. The molecule has 1 saturated carbocycles. The number of hydrogen-bond donors (Lipinski definition) is 2. The number of benzene rings is 1. The molecule has 0 aromatic heterocycles. The number of non-ortho nitro benzene ring substituents is 1. The Balaban J connectivity index is 1.95. The van der Waals surface area contributed by atoms with Crippen LogP contribution in [0.15, 0.2) is 12.1 Å². The van der Waals surface area contributed by atoms with Crippen LogP contribution in [0.1, 0.15) is 12.8 Å². The molecule has 5 nitrogen and oxygen atoms in total. The Morgan fingerprint density at radius 2 is 1.89 bits per heavy atom. The van der Waals surface area contributed by atoms with Gasteiger partial charge in [-0.05, 0) is 12.8 Å². The zero-order valence-electron chi connectivity index (χ0n) is 9.58. The predicted molar refractivity (Wildman–Crippen MR) is 72.6 cm³/mol. The minimum absolute atomic E-state index is 0.105. The Morgan fingerprint density at radius 1 is 1.28 bits per heavy atom. The van der Waals surface area contributed by atoms with Crippen LogP contribution < -0.4 is 10.6 Å². The van der Waals surface area contributed by atoms with E-state index < -0.39 is 4.92 Å². The molecule has 0 atom stereocenters. The maximum atomic E-state index is 10.6. The Labute approximate surface area is 115 Å². The fourth-order valence-corrected chi connectivity index (χ4v) is 2.19. The summed E-state index contributed by atoms with van der Waals surface area (Å²) >= 11 is 11.9. The van der Waals surface area contributed by atoms with Crippen LogP contribution in [-0.4, -0.2) is 24.1 Å². The molecule has 0 heterocycles. The lowest BCUT2D eigenvalue weighted by Crippen LogP contribution is -2.24. The number of nitrogens with one attached hydrogen (secondary N) is 2. The topological polar surface area (TPSA) is 67.2 Å². The standard InChI is InChI=1S/C11H13Cl2N3O2/c12-9-5-8(16(17)18)6-10(13)11(9)15-4-3-14-7-1-2-7/h5-7,14-15H,1-4H2. The first-order valence-electron chi connectivity index (χ1n) is 5.68. The summed E-state index contributed by atoms with van der Waals surface area (Å²) in [4.78, 5) is 10.1. The lowest BCUT2D eigenvalue weighted by Gasteiger charge is -2.10. The molecule has 0 bridgehead atoms. The monoisotopic (exact) mass is 289 g/mol. The summed E-state index contributed by atoms with van der Waals surface area (Å²) in [5.41, 5.74) is 0.438. The van der Waals surface area contributed by atoms with E-state index in [1.165, 1.54) is 25.0 Å². The summed E-state index contributed by atoms with van der Waals surface area (Å²) in [6, 6.07) is 3.24. The smallest absolute Gasteiger partial charge is 0.272 e. The average molecular weight is 290 g/mol. The first-order valence-corrected chi connectivity index (χ1v) is 6.44. The van der Waals surface area contributed by atoms with Crippen LogP contribution in [0.25, 0.3) is 0 Å². The van der Waals surface area contributed by atoms with Crippen molar-refractivity contribution >= 4 is 34.6 Å². The number of hydrogen-bond acceptors (Lipinski definition) is 4. The zero-order chi connectivity index (χ0) is 13.1. The second-order valence-corrected chi connectivity index (χ2v) is 5.01. The van der Waals surface area contributed by atoms with Crippen LogP contribution in [0.5, 0.6) is 0 Å². The second kappa shape index (κ2) is 5.73. The molecule has 7 heteroatoms. The lowest BCUT2D eigenvalue weighted by molar-refractivity contribution is -0.384. The molecule has 0 amide bonds. The third-order valence-electron chi connectivity index (χ3n) is 2.67. The van der Waals surface area contributed by atoms with Crippen LogP contribution in [0.2, 0.25) is 10.0 Å². The number of nitro benzene ring substituents is 1. The van der Waals surface area contributed by atoms with E-state index in [4.69, 9.17) is 23.2 Å². The molecule has 1 aliphatic carbocycles. The van der Waals surface area contributed by atoms with E-state index in [0.717, 1.165) is 6.54 Å². The molecule has 0 radical (unpaired) electrons. The Kier molecular flexibility index (Phi) is 4.27. The number of anilines is 1. The van der Waals surface area contributed by atoms with Gasteiger partial charge in [0.1, 0.15) is 0 Å². The van der Waals surface area contributed by atoms with Crippen LogP contribution >= 0.6 is 23.2 Å². The molecular formula is C11H13Cl2N3O2. The zero-order valence-corrected chi connectivity index (χ0v) is 11.1. The van der Waals surface area contributed by atoms with Crippen molar-refractivity contribution in [3.63, 3.8) is 0 Å². The molecule has 18 heavy (non-hydrogen) atoms. The van der Waals surface area contributed by atoms with Gasteiger partial charge in [0.2, 0.25) is 0 Å². The van der Waals surface area contributed by atoms with Crippen LogP contribution in [0, 0.1) is 10.1 Å². The summed E-state index contributed by atoms with van der Waals surface area (Å²) < 4.78 is 0. The van der Waals surface area contributed by atoms with Gasteiger partial charge in [0.25, 0.3) is 5.69 Å². The fraction of sp³-hybridized carbons (Fsp3) is 0.455. The lowest BCUT2D eigenvalue weighted by atomic mass is 10.2. The van der Waals surface area contributed by atoms with E-state index in [9.17, 15) is 10.1 Å². The van der Waals surface area contributed by atoms with E-state index in [-0.39, 0.29) is 15.7 Å². The van der Waals surface area contributed by atoms with Gasteiger partial charge >= 0.3 is 0 Å². The van der Waals surface area contributed by atoms with Crippen molar-refractivity contribution in [1.29, 1.82) is 0 Å². The minimum atomic E-state index is -0.518. The van der Waals surface area contributed by atoms with Gasteiger partial charge in [0.05, 0.1) is 20.7 Å². The summed E-state index contributed by atoms with van der Waals surface area (Å²) in [5, 5.41) is 17.6. The molecule has 1 aliphatic rings. The van der Waals surface area contributed by atoms with Gasteiger partial charge in [-0.2, -0.15) is 0 Å². The first-order chi connectivity index (χ1) is 8.58. The molecule has 0 aliphatic heterocycles. The van der Waals surface area contributed by atoms with Gasteiger partial charge in [-0.1, -0.05) is 23.2 Å². The van der Waals surface area contributed by atoms with E-state index in [1.54, 1.807) is 0 Å². The highest BCUT2D eigenvalue weighted by Crippen LogP contribution is 2.34. The molecule has 0 spiro atoms. The molecule has 1 aromatic carbocycles. The van der Waals surface area contributed by atoms with Crippen molar-refractivity contribution in [2.75, 3.05) is 18.4 Å². The predicted octanol–water partition coefficient (Wildman–Crippen LogP) is 3.07. The van der Waals surface area contributed by atoms with Crippen LogP contribution in [-0.2, 0) is 0 Å². The van der Waals surface area contributed by atoms with Crippen molar-refractivity contribution in [2.45, 2.75) is 18.9 Å². The summed E-state index contributed by atoms with van der Waals surface area (Å²) in [6.45, 7) is 1.49. The highest BCUT2D eigenvalue weighted by atomic mass is 35.5. The number of rotatable bonds is 6. The van der Waals surface area contributed by atoms with E-state index in [0.29, 0.717) is 18.3 Å². The van der Waals surface area contributed by atoms with Gasteiger partial charge in [-0.25, -0.2) is 0 Å². The molecule has 0 unspecified atom stereocenters. The summed E-state index contributed by atoms with van der Waals surface area (Å²) in [5.74, 6) is 0. The SMILES string of the molecule is O=[N+]([O-])c1cc(Cl)c(NCCNC2CC2)c(Cl)c1. The Morgan fingerprint density at radius 3 is 2.39 bits per heavy atom. The van der Waals surface area contributed by atoms with E-state index in [1.807, 2.05) is 0 Å². The van der Waals surface area contributed by atoms with Gasteiger partial charge in [-0.3, -0.25) is 10.1 Å². The Bertz CT molecular complexity index is 441. The van der Waals surface area contributed by atoms with Crippen molar-refractivity contribution in [1.82, 2.24) is 5.32 Å². The molecule has 98 valence electrons. The molecule has 1 aromatic rings. The van der Waals surface area contributed by atoms with Crippen molar-refractivity contribution in [3.05, 3.63) is 32.3 Å². The minimum Gasteiger partial charge on any atom is -0.381 e. The van der Waals surface area contributed by atoms with E-state index >= 15 is 0 Å². The first kappa shape index (κ1) is 13.4. The molecule has 1 fully saturated rings. The van der Waals surface area contributed by atoms with Crippen LogP contribution in [0.4, 0.5) is 11.4 Å². The van der Waals surface area contributed by atoms with Crippen molar-refractivity contribution in [2.24, 2.45) is 0 Å². The second-order valence-electron chi connectivity index (χ2n) is 4.20. The normalized spacial score (nSPS) is 14.6. The third kappa shape index (κ3) is 3.48. The quantitative estimate of drug-likeness (QED) is 0.480. The molecule has 2 rings (SSSR count). The highest BCUT2D eigenvalue weighted by Gasteiger charge is 2.19.